The zero-order valence-electron chi connectivity index (χ0n) is 9.07. The molecular formula is C14H13FO. The van der Waals surface area contributed by atoms with E-state index >= 15 is 0 Å². The molecule has 0 spiro atoms. The van der Waals surface area contributed by atoms with E-state index in [4.69, 9.17) is 5.11 Å². The van der Waals surface area contributed by atoms with Crippen LogP contribution in [0.5, 0.6) is 0 Å². The standard InChI is InChI=1S/C14H13FO/c1-10-3-2-4-11(7-10)12-5-6-14(15)13(8-12)9-16/h2-8,16H,9H2,1H3. The smallest absolute Gasteiger partial charge is 0.128 e. The maximum Gasteiger partial charge on any atom is 0.128 e. The van der Waals surface area contributed by atoms with Gasteiger partial charge in [-0.25, -0.2) is 4.39 Å². The van der Waals surface area contributed by atoms with Gasteiger partial charge in [-0.2, -0.15) is 0 Å². The van der Waals surface area contributed by atoms with Crippen molar-refractivity contribution in [2.75, 3.05) is 0 Å². The molecule has 1 N–H and O–H groups in total. The van der Waals surface area contributed by atoms with Gasteiger partial charge in [0.2, 0.25) is 0 Å². The van der Waals surface area contributed by atoms with Crippen LogP contribution in [0.1, 0.15) is 11.1 Å². The highest BCUT2D eigenvalue weighted by molar-refractivity contribution is 5.64. The summed E-state index contributed by atoms with van der Waals surface area (Å²) in [6.45, 7) is 1.74. The first-order valence-electron chi connectivity index (χ1n) is 5.17. The molecule has 0 unspecified atom stereocenters. The van der Waals surface area contributed by atoms with Crippen LogP contribution in [0.3, 0.4) is 0 Å². The molecule has 2 aromatic carbocycles. The normalized spacial score (nSPS) is 10.4. The summed E-state index contributed by atoms with van der Waals surface area (Å²) in [6.07, 6.45) is 0. The van der Waals surface area contributed by atoms with Gasteiger partial charge in [-0.05, 0) is 30.2 Å². The van der Waals surface area contributed by atoms with E-state index < -0.39 is 0 Å². The minimum absolute atomic E-state index is 0.272. The van der Waals surface area contributed by atoms with E-state index in [-0.39, 0.29) is 12.4 Å². The highest BCUT2D eigenvalue weighted by Crippen LogP contribution is 2.22. The van der Waals surface area contributed by atoms with Crippen molar-refractivity contribution in [2.45, 2.75) is 13.5 Å². The molecule has 0 bridgehead atoms. The molecule has 2 rings (SSSR count). The summed E-state index contributed by atoms with van der Waals surface area (Å²) >= 11 is 0. The predicted octanol–water partition coefficient (Wildman–Crippen LogP) is 3.29. The molecule has 0 saturated heterocycles. The number of aliphatic hydroxyl groups excluding tert-OH is 1. The Morgan fingerprint density at radius 1 is 1.06 bits per heavy atom. The summed E-state index contributed by atoms with van der Waals surface area (Å²) in [6, 6.07) is 12.8. The van der Waals surface area contributed by atoms with Crippen LogP contribution < -0.4 is 0 Å². The molecule has 0 amide bonds. The van der Waals surface area contributed by atoms with E-state index in [0.29, 0.717) is 5.56 Å². The van der Waals surface area contributed by atoms with Crippen molar-refractivity contribution in [1.82, 2.24) is 0 Å². The van der Waals surface area contributed by atoms with Crippen LogP contribution in [0.4, 0.5) is 4.39 Å². The molecule has 0 aromatic heterocycles. The van der Waals surface area contributed by atoms with Crippen LogP contribution in [0.15, 0.2) is 42.5 Å². The van der Waals surface area contributed by atoms with Crippen LogP contribution in [0.2, 0.25) is 0 Å². The molecule has 0 fully saturated rings. The third kappa shape index (κ3) is 2.12. The minimum Gasteiger partial charge on any atom is -0.392 e. The fraction of sp³-hybridized carbons (Fsp3) is 0.143. The Hall–Kier alpha value is -1.67. The van der Waals surface area contributed by atoms with E-state index in [1.807, 2.05) is 31.2 Å². The van der Waals surface area contributed by atoms with Crippen LogP contribution in [-0.2, 0) is 6.61 Å². The number of halogens is 1. The quantitative estimate of drug-likeness (QED) is 0.816. The van der Waals surface area contributed by atoms with E-state index in [1.165, 1.54) is 6.07 Å². The predicted molar refractivity (Wildman–Crippen MR) is 62.5 cm³/mol. The summed E-state index contributed by atoms with van der Waals surface area (Å²) in [5, 5.41) is 9.00. The molecule has 0 radical (unpaired) electrons. The van der Waals surface area contributed by atoms with Gasteiger partial charge < -0.3 is 5.11 Å². The van der Waals surface area contributed by atoms with E-state index in [1.54, 1.807) is 12.1 Å². The fourth-order valence-electron chi connectivity index (χ4n) is 1.70. The van der Waals surface area contributed by atoms with E-state index in [0.717, 1.165) is 16.7 Å². The van der Waals surface area contributed by atoms with Gasteiger partial charge in [0.25, 0.3) is 0 Å². The van der Waals surface area contributed by atoms with Gasteiger partial charge in [0.15, 0.2) is 0 Å². The van der Waals surface area contributed by atoms with Gasteiger partial charge in [-0.15, -0.1) is 0 Å². The third-order valence-corrected chi connectivity index (χ3v) is 2.57. The topological polar surface area (TPSA) is 20.2 Å². The Morgan fingerprint density at radius 2 is 1.81 bits per heavy atom. The summed E-state index contributed by atoms with van der Waals surface area (Å²) < 4.78 is 13.2. The molecule has 0 aliphatic carbocycles. The lowest BCUT2D eigenvalue weighted by Crippen LogP contribution is -1.90. The largest absolute Gasteiger partial charge is 0.392 e. The molecule has 0 atom stereocenters. The number of hydrogen-bond acceptors (Lipinski definition) is 1. The highest BCUT2D eigenvalue weighted by Gasteiger charge is 2.04. The maximum atomic E-state index is 13.2. The average Bonchev–Trinajstić information content (AvgIpc) is 2.29. The van der Waals surface area contributed by atoms with Crippen LogP contribution in [-0.4, -0.2) is 5.11 Å². The Kier molecular flexibility index (Phi) is 3.02. The van der Waals surface area contributed by atoms with Crippen molar-refractivity contribution in [2.24, 2.45) is 0 Å². The molecule has 0 aliphatic heterocycles. The number of rotatable bonds is 2. The van der Waals surface area contributed by atoms with Gasteiger partial charge in [0, 0.05) is 5.56 Å². The number of benzene rings is 2. The number of aryl methyl sites for hydroxylation is 1. The molecule has 2 aromatic rings. The van der Waals surface area contributed by atoms with Gasteiger partial charge in [0.05, 0.1) is 6.61 Å². The summed E-state index contributed by atoms with van der Waals surface area (Å²) in [7, 11) is 0. The molecule has 2 heteroatoms. The first-order valence-corrected chi connectivity index (χ1v) is 5.17. The Balaban J connectivity index is 2.48. The minimum atomic E-state index is -0.362. The lowest BCUT2D eigenvalue weighted by Gasteiger charge is -2.05. The van der Waals surface area contributed by atoms with Crippen LogP contribution >= 0.6 is 0 Å². The van der Waals surface area contributed by atoms with Crippen molar-refractivity contribution in [3.05, 3.63) is 59.4 Å². The van der Waals surface area contributed by atoms with Gasteiger partial charge >= 0.3 is 0 Å². The van der Waals surface area contributed by atoms with Gasteiger partial charge in [0.1, 0.15) is 5.82 Å². The SMILES string of the molecule is Cc1cccc(-c2ccc(F)c(CO)c2)c1. The summed E-state index contributed by atoms with van der Waals surface area (Å²) in [5.41, 5.74) is 3.45. The zero-order valence-corrected chi connectivity index (χ0v) is 9.07. The van der Waals surface area contributed by atoms with Gasteiger partial charge in [-0.1, -0.05) is 35.9 Å². The molecular weight excluding hydrogens is 203 g/mol. The molecule has 0 heterocycles. The second kappa shape index (κ2) is 4.45. The fourth-order valence-corrected chi connectivity index (χ4v) is 1.70. The number of aliphatic hydroxyl groups is 1. The lowest BCUT2D eigenvalue weighted by atomic mass is 10.0. The van der Waals surface area contributed by atoms with Crippen molar-refractivity contribution < 1.29 is 9.50 Å². The summed E-state index contributed by atoms with van der Waals surface area (Å²) in [4.78, 5) is 0. The first-order chi connectivity index (χ1) is 7.70. The van der Waals surface area contributed by atoms with Crippen molar-refractivity contribution in [1.29, 1.82) is 0 Å². The average molecular weight is 216 g/mol. The van der Waals surface area contributed by atoms with E-state index in [2.05, 4.69) is 0 Å². The Labute approximate surface area is 94.2 Å². The molecule has 0 saturated carbocycles. The van der Waals surface area contributed by atoms with Crippen LogP contribution in [0, 0.1) is 12.7 Å². The summed E-state index contributed by atoms with van der Waals surface area (Å²) in [5.74, 6) is -0.362. The monoisotopic (exact) mass is 216 g/mol. The van der Waals surface area contributed by atoms with Crippen LogP contribution in [0.25, 0.3) is 11.1 Å². The van der Waals surface area contributed by atoms with Crippen molar-refractivity contribution in [3.63, 3.8) is 0 Å². The second-order valence-corrected chi connectivity index (χ2v) is 3.83. The van der Waals surface area contributed by atoms with Crippen molar-refractivity contribution in [3.8, 4) is 11.1 Å². The van der Waals surface area contributed by atoms with Gasteiger partial charge in [-0.3, -0.25) is 0 Å². The maximum absolute atomic E-state index is 13.2. The molecule has 0 aliphatic rings. The molecule has 1 nitrogen and oxygen atoms in total. The number of hydrogen-bond donors (Lipinski definition) is 1. The molecule has 16 heavy (non-hydrogen) atoms. The third-order valence-electron chi connectivity index (χ3n) is 2.57. The molecule has 82 valence electrons. The lowest BCUT2D eigenvalue weighted by molar-refractivity contribution is 0.276. The van der Waals surface area contributed by atoms with Crippen molar-refractivity contribution >= 4 is 0 Å². The Morgan fingerprint density at radius 3 is 2.50 bits per heavy atom. The first kappa shape index (κ1) is 10.8. The second-order valence-electron chi connectivity index (χ2n) is 3.83. The van der Waals surface area contributed by atoms with E-state index in [9.17, 15) is 4.39 Å². The highest BCUT2D eigenvalue weighted by atomic mass is 19.1. The Bertz CT molecular complexity index is 506. The zero-order chi connectivity index (χ0) is 11.5.